The number of ether oxygens (including phenoxy) is 8. The first-order chi connectivity index (χ1) is 31.1. The highest BCUT2D eigenvalue weighted by Crippen LogP contribution is 2.44. The SMILES string of the molecule is COc1c(C)c(OC(=O)c2c(C)c(C)c(OCc3cccc(COc4c(C)c(C)c(C(=O)Oc5c(C)c(C)c(C(=O)O)c(OC)c5C)c(OC)c4C)n3)c(C)c2OC)c(C)c(C)c1C(=O)O. The van der Waals surface area contributed by atoms with E-state index in [1.807, 2.05) is 32.0 Å². The Morgan fingerprint density at radius 2 is 0.667 bits per heavy atom. The largest absolute Gasteiger partial charge is 0.495 e. The first kappa shape index (κ1) is 49.7. The number of carbonyl (C=O) groups excluding carboxylic acids is 2. The first-order valence-corrected chi connectivity index (χ1v) is 20.9. The maximum atomic E-state index is 14.0. The number of methoxy groups -OCH3 is 4. The number of rotatable bonds is 16. The highest BCUT2D eigenvalue weighted by atomic mass is 16.5. The molecule has 2 N–H and O–H groups in total. The van der Waals surface area contributed by atoms with Crippen molar-refractivity contribution in [2.24, 2.45) is 0 Å². The van der Waals surface area contributed by atoms with Crippen LogP contribution in [0.15, 0.2) is 18.2 Å². The molecule has 0 bridgehead atoms. The molecule has 66 heavy (non-hydrogen) atoms. The molecule has 0 amide bonds. The number of aromatic nitrogens is 1. The van der Waals surface area contributed by atoms with Crippen LogP contribution in [0.25, 0.3) is 0 Å². The Balaban J connectivity index is 1.38. The number of pyridine rings is 1. The summed E-state index contributed by atoms with van der Waals surface area (Å²) in [6, 6.07) is 5.48. The molecule has 0 aliphatic rings. The zero-order valence-corrected chi connectivity index (χ0v) is 40.4. The van der Waals surface area contributed by atoms with Gasteiger partial charge in [0.1, 0.15) is 81.5 Å². The van der Waals surface area contributed by atoms with E-state index >= 15 is 0 Å². The monoisotopic (exact) mass is 907 g/mol. The average Bonchev–Trinajstić information content (AvgIpc) is 3.27. The second kappa shape index (κ2) is 19.8. The first-order valence-electron chi connectivity index (χ1n) is 20.9. The molecule has 0 radical (unpaired) electrons. The van der Waals surface area contributed by atoms with Gasteiger partial charge in [-0.2, -0.15) is 0 Å². The summed E-state index contributed by atoms with van der Waals surface area (Å²) in [6.07, 6.45) is 0. The second-order valence-electron chi connectivity index (χ2n) is 16.0. The number of benzene rings is 4. The van der Waals surface area contributed by atoms with E-state index in [-0.39, 0.29) is 70.0 Å². The summed E-state index contributed by atoms with van der Waals surface area (Å²) >= 11 is 0. The zero-order chi connectivity index (χ0) is 49.2. The number of carbonyl (C=O) groups is 4. The topological polar surface area (TPSA) is 195 Å². The second-order valence-corrected chi connectivity index (χ2v) is 16.0. The lowest BCUT2D eigenvalue weighted by Crippen LogP contribution is -2.17. The third-order valence-electron chi connectivity index (χ3n) is 12.4. The summed E-state index contributed by atoms with van der Waals surface area (Å²) in [5.74, 6) is -1.52. The number of hydrogen-bond donors (Lipinski definition) is 2. The zero-order valence-electron chi connectivity index (χ0n) is 40.4. The Kier molecular flexibility index (Phi) is 14.9. The van der Waals surface area contributed by atoms with Gasteiger partial charge in [0.2, 0.25) is 0 Å². The molecule has 0 spiro atoms. The molecule has 0 aliphatic heterocycles. The minimum atomic E-state index is -1.15. The predicted octanol–water partition coefficient (Wildman–Crippen LogP) is 9.81. The van der Waals surface area contributed by atoms with E-state index in [1.165, 1.54) is 28.4 Å². The smallest absolute Gasteiger partial charge is 0.347 e. The molecule has 0 saturated heterocycles. The maximum absolute atomic E-state index is 14.0. The van der Waals surface area contributed by atoms with Crippen LogP contribution in [0.4, 0.5) is 0 Å². The van der Waals surface area contributed by atoms with Crippen LogP contribution in [-0.2, 0) is 13.2 Å². The van der Waals surface area contributed by atoms with Crippen LogP contribution in [0.1, 0.15) is 120 Å². The van der Waals surface area contributed by atoms with E-state index in [4.69, 9.17) is 42.9 Å². The van der Waals surface area contributed by atoms with Gasteiger partial charge in [-0.25, -0.2) is 19.2 Å². The Morgan fingerprint density at radius 3 is 0.970 bits per heavy atom. The summed E-state index contributed by atoms with van der Waals surface area (Å²) in [6.45, 7) is 20.9. The Bertz CT molecular complexity index is 2640. The Morgan fingerprint density at radius 1 is 0.394 bits per heavy atom. The summed E-state index contributed by atoms with van der Waals surface area (Å²) in [5.41, 5.74) is 7.80. The highest BCUT2D eigenvalue weighted by molar-refractivity contribution is 6.00. The lowest BCUT2D eigenvalue weighted by Gasteiger charge is -2.23. The van der Waals surface area contributed by atoms with Crippen LogP contribution in [-0.4, -0.2) is 67.5 Å². The fourth-order valence-corrected chi connectivity index (χ4v) is 8.44. The molecule has 0 fully saturated rings. The summed E-state index contributed by atoms with van der Waals surface area (Å²) < 4.78 is 47.2. The van der Waals surface area contributed by atoms with E-state index in [0.29, 0.717) is 89.6 Å². The van der Waals surface area contributed by atoms with E-state index in [2.05, 4.69) is 0 Å². The Labute approximate surface area is 384 Å². The van der Waals surface area contributed by atoms with Gasteiger partial charge in [-0.1, -0.05) is 6.07 Å². The van der Waals surface area contributed by atoms with Gasteiger partial charge < -0.3 is 48.1 Å². The van der Waals surface area contributed by atoms with Crippen LogP contribution < -0.4 is 37.9 Å². The van der Waals surface area contributed by atoms with Gasteiger partial charge in [-0.05, 0) is 140 Å². The van der Waals surface area contributed by atoms with Crippen molar-refractivity contribution in [3.05, 3.63) is 119 Å². The van der Waals surface area contributed by atoms with Crippen molar-refractivity contribution in [3.8, 4) is 46.0 Å². The van der Waals surface area contributed by atoms with Crippen LogP contribution in [0, 0.1) is 83.1 Å². The molecule has 0 saturated carbocycles. The lowest BCUT2D eigenvalue weighted by molar-refractivity contribution is 0.0679. The number of esters is 2. The number of carboxylic acids is 2. The molecular formula is C51H57NO14. The molecule has 0 unspecified atom stereocenters. The standard InChI is InChI=1S/C51H57NO14/c1-22-28(7)42(32(11)44(59-13)36(22)48(53)54)65-50(57)38-24(3)26(5)40(30(9)46(38)61-15)63-20-34-18-17-19-35(52-34)21-64-41-27(6)25(4)39(47(62-16)31(41)10)51(58)66-43-29(8)23(2)37(49(55)56)45(60-14)33(43)12/h17-19H,20-21H2,1-16H3,(H,53,54)(H,55,56). The van der Waals surface area contributed by atoms with E-state index < -0.39 is 23.9 Å². The summed E-state index contributed by atoms with van der Waals surface area (Å²) in [5, 5.41) is 19.7. The molecule has 15 heteroatoms. The van der Waals surface area contributed by atoms with Crippen molar-refractivity contribution < 1.29 is 67.3 Å². The molecule has 15 nitrogen and oxygen atoms in total. The minimum absolute atomic E-state index is 0.00276. The van der Waals surface area contributed by atoms with Gasteiger partial charge in [0.15, 0.2) is 0 Å². The fourth-order valence-electron chi connectivity index (χ4n) is 8.44. The average molecular weight is 908 g/mol. The molecule has 5 aromatic rings. The number of hydrogen-bond acceptors (Lipinski definition) is 13. The van der Waals surface area contributed by atoms with Crippen molar-refractivity contribution in [3.63, 3.8) is 0 Å². The predicted molar refractivity (Wildman–Crippen MR) is 246 cm³/mol. The van der Waals surface area contributed by atoms with Gasteiger partial charge in [-0.15, -0.1) is 0 Å². The van der Waals surface area contributed by atoms with E-state index in [1.54, 1.807) is 69.2 Å². The third kappa shape index (κ3) is 8.89. The van der Waals surface area contributed by atoms with Gasteiger partial charge in [-0.3, -0.25) is 4.98 Å². The molecule has 4 aromatic carbocycles. The van der Waals surface area contributed by atoms with Crippen LogP contribution in [0.2, 0.25) is 0 Å². The Hall–Kier alpha value is -7.29. The summed E-state index contributed by atoms with van der Waals surface area (Å²) in [4.78, 5) is 56.8. The maximum Gasteiger partial charge on any atom is 0.347 e. The molecule has 0 aliphatic carbocycles. The fraction of sp³-hybridized carbons (Fsp3) is 0.353. The summed E-state index contributed by atoms with van der Waals surface area (Å²) in [7, 11) is 5.65. The highest BCUT2D eigenvalue weighted by Gasteiger charge is 2.31. The molecule has 350 valence electrons. The van der Waals surface area contributed by atoms with Gasteiger partial charge >= 0.3 is 23.9 Å². The van der Waals surface area contributed by atoms with Crippen LogP contribution in [0.5, 0.6) is 46.0 Å². The molecule has 5 rings (SSSR count). The van der Waals surface area contributed by atoms with Crippen molar-refractivity contribution in [2.45, 2.75) is 96.3 Å². The molecule has 1 aromatic heterocycles. The molecular weight excluding hydrogens is 851 g/mol. The van der Waals surface area contributed by atoms with Crippen molar-refractivity contribution in [2.75, 3.05) is 28.4 Å². The van der Waals surface area contributed by atoms with Gasteiger partial charge in [0.05, 0.1) is 39.8 Å². The van der Waals surface area contributed by atoms with Crippen molar-refractivity contribution in [1.82, 2.24) is 4.98 Å². The van der Waals surface area contributed by atoms with Crippen molar-refractivity contribution >= 4 is 23.9 Å². The van der Waals surface area contributed by atoms with E-state index in [0.717, 1.165) is 0 Å². The minimum Gasteiger partial charge on any atom is -0.495 e. The number of carboxylic acid groups (broad SMARTS) is 2. The normalized spacial score (nSPS) is 10.9. The van der Waals surface area contributed by atoms with Crippen LogP contribution >= 0.6 is 0 Å². The lowest BCUT2D eigenvalue weighted by atomic mass is 9.96. The quantitative estimate of drug-likeness (QED) is 0.0701. The van der Waals surface area contributed by atoms with Crippen LogP contribution in [0.3, 0.4) is 0 Å². The van der Waals surface area contributed by atoms with Crippen molar-refractivity contribution in [1.29, 1.82) is 0 Å². The van der Waals surface area contributed by atoms with Gasteiger partial charge in [0.25, 0.3) is 0 Å². The number of nitrogens with zero attached hydrogens (tertiary/aromatic N) is 1. The molecule has 0 atom stereocenters. The third-order valence-corrected chi connectivity index (χ3v) is 12.4. The number of aromatic carboxylic acids is 2. The molecule has 1 heterocycles. The van der Waals surface area contributed by atoms with Gasteiger partial charge in [0, 0.05) is 22.3 Å². The van der Waals surface area contributed by atoms with E-state index in [9.17, 15) is 29.4 Å².